The number of ether oxygens (including phenoxy) is 5. The van der Waals surface area contributed by atoms with Crippen LogP contribution in [0.2, 0.25) is 0 Å². The van der Waals surface area contributed by atoms with Crippen molar-refractivity contribution in [3.63, 3.8) is 0 Å². The fraction of sp³-hybridized carbons (Fsp3) is 0.500. The second-order valence-electron chi connectivity index (χ2n) is 12.9. The Morgan fingerprint density at radius 2 is 1.71 bits per heavy atom. The number of nitrogens with zero attached hydrogens (tertiary/aromatic N) is 4. The molecular formula is C32H38ClN5O11S2. The molecule has 1 aromatic carbocycles. The lowest BCUT2D eigenvalue weighted by molar-refractivity contribution is -0.199. The van der Waals surface area contributed by atoms with Crippen LogP contribution in [0.4, 0.5) is 0 Å². The van der Waals surface area contributed by atoms with Crippen LogP contribution >= 0.6 is 34.9 Å². The molecule has 51 heavy (non-hydrogen) atoms. The normalized spacial score (nSPS) is 18.3. The van der Waals surface area contributed by atoms with Gasteiger partial charge < -0.3 is 33.8 Å². The van der Waals surface area contributed by atoms with E-state index >= 15 is 0 Å². The number of fused-ring (bicyclic) bond motifs is 1. The number of rotatable bonds is 13. The maximum atomic E-state index is 13.7. The van der Waals surface area contributed by atoms with Crippen molar-refractivity contribution in [3.8, 4) is 5.75 Å². The van der Waals surface area contributed by atoms with E-state index < -0.39 is 64.3 Å². The van der Waals surface area contributed by atoms with Gasteiger partial charge in [-0.2, -0.15) is 4.37 Å². The molecule has 0 radical (unpaired) electrons. The van der Waals surface area contributed by atoms with Crippen LogP contribution in [0, 0.1) is 0 Å². The largest absolute Gasteiger partial charge is 0.497 e. The van der Waals surface area contributed by atoms with Crippen LogP contribution in [-0.2, 0) is 49.6 Å². The number of β-lactam (4-membered cyclic amide) rings is 1. The molecule has 0 bridgehead atoms. The van der Waals surface area contributed by atoms with E-state index in [4.69, 9.17) is 40.1 Å². The smallest absolute Gasteiger partial charge is 0.379 e. The van der Waals surface area contributed by atoms with Crippen LogP contribution in [-0.4, -0.2) is 104 Å². The zero-order valence-electron chi connectivity index (χ0n) is 29.1. The molecule has 1 aromatic heterocycles. The molecule has 16 nitrogen and oxygen atoms in total. The molecular weight excluding hydrogens is 730 g/mol. The number of thioether (sulfide) groups is 1. The summed E-state index contributed by atoms with van der Waals surface area (Å²) in [4.78, 5) is 76.4. The monoisotopic (exact) mass is 767 g/mol. The molecule has 1 fully saturated rings. The Labute approximate surface area is 307 Å². The summed E-state index contributed by atoms with van der Waals surface area (Å²) >= 11 is 8.07. The molecule has 1 saturated heterocycles. The number of esters is 3. The van der Waals surface area contributed by atoms with E-state index in [0.29, 0.717) is 28.4 Å². The maximum Gasteiger partial charge on any atom is 0.379 e. The van der Waals surface area contributed by atoms with Gasteiger partial charge >= 0.3 is 24.2 Å². The highest BCUT2D eigenvalue weighted by Crippen LogP contribution is 2.41. The van der Waals surface area contributed by atoms with Gasteiger partial charge in [-0.15, -0.1) is 23.4 Å². The third kappa shape index (κ3) is 9.96. The van der Waals surface area contributed by atoms with E-state index in [9.17, 15) is 24.0 Å². The van der Waals surface area contributed by atoms with Crippen LogP contribution in [0.3, 0.4) is 0 Å². The van der Waals surface area contributed by atoms with Crippen molar-refractivity contribution < 1.29 is 52.5 Å². The molecule has 0 spiro atoms. The van der Waals surface area contributed by atoms with E-state index in [0.717, 1.165) is 7.11 Å². The number of methoxy groups -OCH3 is 2. The molecule has 19 heteroatoms. The molecule has 2 amide bonds. The molecule has 1 N–H and O–H groups in total. The molecule has 2 aromatic rings. The van der Waals surface area contributed by atoms with E-state index in [1.807, 2.05) is 0 Å². The van der Waals surface area contributed by atoms with Crippen LogP contribution in [0.25, 0.3) is 0 Å². The number of alkyl halides is 1. The van der Waals surface area contributed by atoms with Crippen molar-refractivity contribution in [2.24, 2.45) is 5.16 Å². The number of amides is 2. The number of benzene rings is 1. The first-order valence-corrected chi connectivity index (χ1v) is 17.7. The van der Waals surface area contributed by atoms with Crippen LogP contribution < -0.4 is 10.1 Å². The van der Waals surface area contributed by atoms with Gasteiger partial charge in [0.15, 0.2) is 0 Å². The highest BCUT2D eigenvalue weighted by atomic mass is 35.5. The summed E-state index contributed by atoms with van der Waals surface area (Å²) in [6, 6.07) is 5.79. The lowest BCUT2D eigenvalue weighted by Crippen LogP contribution is -2.71. The molecule has 276 valence electrons. The lowest BCUT2D eigenvalue weighted by atomic mass is 10.0. The summed E-state index contributed by atoms with van der Waals surface area (Å²) in [5.41, 5.74) is -1.14. The first-order chi connectivity index (χ1) is 24.0. The minimum absolute atomic E-state index is 0.00143. The third-order valence-electron chi connectivity index (χ3n) is 6.70. The molecule has 0 unspecified atom stereocenters. The zero-order chi connectivity index (χ0) is 37.7. The van der Waals surface area contributed by atoms with Gasteiger partial charge in [0, 0.05) is 18.7 Å². The molecule has 0 saturated carbocycles. The number of hydrogen-bond donors (Lipinski definition) is 1. The van der Waals surface area contributed by atoms with Gasteiger partial charge in [-0.1, -0.05) is 17.3 Å². The molecule has 0 aliphatic carbocycles. The summed E-state index contributed by atoms with van der Waals surface area (Å²) < 4.78 is 30.4. The summed E-state index contributed by atoms with van der Waals surface area (Å²) in [7, 11) is 2.70. The average Bonchev–Trinajstić information content (AvgIpc) is 3.56. The minimum Gasteiger partial charge on any atom is -0.497 e. The number of carbonyl (C=O) groups is 5. The van der Waals surface area contributed by atoms with Gasteiger partial charge in [0.1, 0.15) is 40.7 Å². The van der Waals surface area contributed by atoms with Crippen molar-refractivity contribution in [1.82, 2.24) is 19.6 Å². The highest BCUT2D eigenvalue weighted by Gasteiger charge is 2.54. The second-order valence-corrected chi connectivity index (χ2v) is 15.1. The van der Waals surface area contributed by atoms with Crippen molar-refractivity contribution in [3.05, 3.63) is 51.9 Å². The van der Waals surface area contributed by atoms with Crippen molar-refractivity contribution >= 4 is 70.3 Å². The van der Waals surface area contributed by atoms with E-state index in [1.54, 1.807) is 65.8 Å². The highest BCUT2D eigenvalue weighted by molar-refractivity contribution is 8.00. The van der Waals surface area contributed by atoms with Crippen molar-refractivity contribution in [2.45, 2.75) is 77.1 Å². The van der Waals surface area contributed by atoms with Crippen LogP contribution in [0.5, 0.6) is 5.75 Å². The summed E-state index contributed by atoms with van der Waals surface area (Å²) in [5.74, 6) is -3.58. The van der Waals surface area contributed by atoms with Crippen LogP contribution in [0.15, 0.2) is 40.7 Å². The Morgan fingerprint density at radius 1 is 1.04 bits per heavy atom. The van der Waals surface area contributed by atoms with Gasteiger partial charge in [0.2, 0.25) is 16.5 Å². The number of nitrogens with one attached hydrogen (secondary N) is 1. The topological polar surface area (TPSA) is 194 Å². The van der Waals surface area contributed by atoms with E-state index in [1.165, 1.54) is 23.8 Å². The minimum atomic E-state index is -1.70. The first-order valence-electron chi connectivity index (χ1n) is 15.4. The summed E-state index contributed by atoms with van der Waals surface area (Å²) in [6.45, 7) is 9.84. The number of aromatic nitrogens is 2. The lowest BCUT2D eigenvalue weighted by Gasteiger charge is -2.49. The Kier molecular flexibility index (Phi) is 12.7. The Morgan fingerprint density at radius 3 is 2.29 bits per heavy atom. The number of carbonyl (C=O) groups excluding carboxylic acids is 5. The Hall–Kier alpha value is -4.26. The molecule has 2 aliphatic rings. The van der Waals surface area contributed by atoms with Gasteiger partial charge in [-0.05, 0) is 76.3 Å². The van der Waals surface area contributed by atoms with Crippen molar-refractivity contribution in [2.75, 3.05) is 25.9 Å². The number of hydrogen-bond acceptors (Lipinski definition) is 16. The molecule has 3 atom stereocenters. The van der Waals surface area contributed by atoms with Gasteiger partial charge in [-0.3, -0.25) is 14.5 Å². The standard InChI is InChI=1S/C32H38ClN5O11S2/c1-31(2,3)47-28(42)24-35-22(37-51-24)19(36-49-30(45-8)29(43)48-32(4,5)6)23(39)34-20-25(40)38-21(17(13-33)15-50-26(20)38)27(41)46-14-16-9-11-18(44-7)12-10-16/h9-12,20,26,30H,13-15H2,1-8H3,(H,34,39)/b36-19-/t20-,26+,30-/m1/s1. The van der Waals surface area contributed by atoms with Gasteiger partial charge in [0.05, 0.1) is 7.11 Å². The van der Waals surface area contributed by atoms with Crippen molar-refractivity contribution in [1.29, 1.82) is 0 Å². The average molecular weight is 768 g/mol. The van der Waals surface area contributed by atoms with E-state index in [2.05, 4.69) is 19.8 Å². The fourth-order valence-electron chi connectivity index (χ4n) is 4.46. The van der Waals surface area contributed by atoms with Gasteiger partial charge in [0.25, 0.3) is 11.8 Å². The molecule has 2 aliphatic heterocycles. The molecule has 3 heterocycles. The third-order valence-corrected chi connectivity index (χ3v) is 9.05. The summed E-state index contributed by atoms with van der Waals surface area (Å²) in [6.07, 6.45) is -1.70. The Balaban J connectivity index is 1.55. The Bertz CT molecular complexity index is 1720. The fourth-order valence-corrected chi connectivity index (χ4v) is 6.69. The maximum absolute atomic E-state index is 13.7. The first kappa shape index (κ1) is 39.5. The predicted octanol–water partition coefficient (Wildman–Crippen LogP) is 3.17. The quantitative estimate of drug-likeness (QED) is 0.0594. The number of halogens is 1. The van der Waals surface area contributed by atoms with Gasteiger partial charge in [-0.25, -0.2) is 19.4 Å². The molecule has 4 rings (SSSR count). The predicted molar refractivity (Wildman–Crippen MR) is 185 cm³/mol. The summed E-state index contributed by atoms with van der Waals surface area (Å²) in [5, 5.41) is 5.48. The van der Waals surface area contributed by atoms with Crippen LogP contribution in [0.1, 0.15) is 62.7 Å². The van der Waals surface area contributed by atoms with E-state index in [-0.39, 0.29) is 34.8 Å². The number of oxime groups is 1. The zero-order valence-corrected chi connectivity index (χ0v) is 31.5. The second kappa shape index (κ2) is 16.4. The SMILES string of the molecule is COc1ccc(COC(=O)C2=C(CCl)CS[C@H]3[C@H](NC(=O)/C(=N\O[C@@H](OC)C(=O)OC(C)(C)C)c4nsc(C(=O)OC(C)(C)C)n4)C(=O)N23)cc1.